The summed E-state index contributed by atoms with van der Waals surface area (Å²) in [6.07, 6.45) is 0.302. The van der Waals surface area contributed by atoms with Crippen LogP contribution in [0.25, 0.3) is 0 Å². The van der Waals surface area contributed by atoms with Gasteiger partial charge in [0, 0.05) is 31.7 Å². The highest BCUT2D eigenvalue weighted by Crippen LogP contribution is 2.22. The second-order valence-electron chi connectivity index (χ2n) is 5.49. The molecule has 22 heavy (non-hydrogen) atoms. The number of anilines is 1. The third-order valence-corrected chi connectivity index (χ3v) is 3.84. The minimum atomic E-state index is -0.236. The summed E-state index contributed by atoms with van der Waals surface area (Å²) in [7, 11) is 0. The molecule has 1 heterocycles. The molecule has 1 atom stereocenters. The zero-order chi connectivity index (χ0) is 16.1. The zero-order valence-electron chi connectivity index (χ0n) is 13.1. The molecular weight excluding hydrogens is 282 g/mol. The number of benzene rings is 1. The number of likely N-dealkylation sites (N-methyl/N-ethyl adjacent to an activating group) is 1. The highest BCUT2D eigenvalue weighted by Gasteiger charge is 2.32. The number of carbonyl (C=O) groups is 2. The lowest BCUT2D eigenvalue weighted by atomic mass is 10.2. The Kier molecular flexibility index (Phi) is 5.38. The molecule has 1 aromatic rings. The van der Waals surface area contributed by atoms with Crippen molar-refractivity contribution in [2.24, 2.45) is 0 Å². The van der Waals surface area contributed by atoms with Crippen LogP contribution in [0.3, 0.4) is 0 Å². The second-order valence-corrected chi connectivity index (χ2v) is 5.49. The molecule has 0 saturated carbocycles. The number of hydrogen-bond acceptors (Lipinski definition) is 3. The molecule has 0 aromatic heterocycles. The molecule has 6 heteroatoms. The van der Waals surface area contributed by atoms with E-state index in [1.54, 1.807) is 4.90 Å². The van der Waals surface area contributed by atoms with Gasteiger partial charge in [-0.3, -0.25) is 4.79 Å². The molecule has 120 valence electrons. The van der Waals surface area contributed by atoms with Gasteiger partial charge in [0.2, 0.25) is 5.91 Å². The lowest BCUT2D eigenvalue weighted by molar-refractivity contribution is -0.117. The van der Waals surface area contributed by atoms with Gasteiger partial charge in [-0.15, -0.1) is 0 Å². The first-order valence-electron chi connectivity index (χ1n) is 7.58. The van der Waals surface area contributed by atoms with Crippen molar-refractivity contribution in [3.8, 4) is 0 Å². The molecule has 1 fully saturated rings. The van der Waals surface area contributed by atoms with Gasteiger partial charge in [0.05, 0.1) is 12.6 Å². The molecule has 2 N–H and O–H groups in total. The Balaban J connectivity index is 1.97. The summed E-state index contributed by atoms with van der Waals surface area (Å²) in [6.45, 7) is 5.08. The Hall–Kier alpha value is -2.08. The summed E-state index contributed by atoms with van der Waals surface area (Å²) in [5.74, 6) is 0.0133. The van der Waals surface area contributed by atoms with Gasteiger partial charge < -0.3 is 20.2 Å². The number of amides is 3. The fourth-order valence-corrected chi connectivity index (χ4v) is 2.57. The first-order valence-corrected chi connectivity index (χ1v) is 7.58. The zero-order valence-corrected chi connectivity index (χ0v) is 13.1. The lowest BCUT2D eigenvalue weighted by Crippen LogP contribution is -2.46. The topological polar surface area (TPSA) is 72.9 Å². The predicted octanol–water partition coefficient (Wildman–Crippen LogP) is 1.12. The first-order chi connectivity index (χ1) is 10.5. The molecule has 1 saturated heterocycles. The number of rotatable bonds is 5. The average molecular weight is 305 g/mol. The number of hydrogen-bond donors (Lipinski definition) is 2. The molecule has 1 aliphatic heterocycles. The van der Waals surface area contributed by atoms with E-state index >= 15 is 0 Å². The number of nitrogens with zero attached hydrogens (tertiary/aromatic N) is 2. The number of aryl methyl sites for hydroxylation is 1. The van der Waals surface area contributed by atoms with Crippen molar-refractivity contribution in [2.75, 3.05) is 31.1 Å². The van der Waals surface area contributed by atoms with Crippen molar-refractivity contribution in [3.63, 3.8) is 0 Å². The third kappa shape index (κ3) is 3.76. The summed E-state index contributed by atoms with van der Waals surface area (Å²) in [4.78, 5) is 27.5. The molecule has 0 spiro atoms. The third-order valence-electron chi connectivity index (χ3n) is 3.84. The van der Waals surface area contributed by atoms with E-state index in [4.69, 9.17) is 5.11 Å². The molecule has 1 aromatic carbocycles. The molecule has 2 rings (SSSR count). The number of urea groups is 1. The number of carbonyl (C=O) groups excluding carboxylic acids is 2. The van der Waals surface area contributed by atoms with Gasteiger partial charge in [0.1, 0.15) is 0 Å². The minimum Gasteiger partial charge on any atom is -0.395 e. The van der Waals surface area contributed by atoms with Crippen molar-refractivity contribution >= 4 is 17.6 Å². The number of nitrogens with one attached hydrogen (secondary N) is 1. The quantitative estimate of drug-likeness (QED) is 0.856. The first kappa shape index (κ1) is 16.3. The Morgan fingerprint density at radius 1 is 1.41 bits per heavy atom. The van der Waals surface area contributed by atoms with Crippen molar-refractivity contribution in [3.05, 3.63) is 29.8 Å². The van der Waals surface area contributed by atoms with Crippen LogP contribution in [0.15, 0.2) is 24.3 Å². The van der Waals surface area contributed by atoms with Gasteiger partial charge in [-0.05, 0) is 26.0 Å². The molecule has 1 aliphatic rings. The SMILES string of the molecule is CCN(CCO)C(=O)N[C@H]1CC(=O)N(c2ccc(C)cc2)C1. The fourth-order valence-electron chi connectivity index (χ4n) is 2.57. The van der Waals surface area contributed by atoms with Gasteiger partial charge in [-0.25, -0.2) is 4.79 Å². The maximum Gasteiger partial charge on any atom is 0.317 e. The van der Waals surface area contributed by atoms with E-state index in [0.29, 0.717) is 26.1 Å². The molecular formula is C16H23N3O3. The Bertz CT molecular complexity index is 530. The fraction of sp³-hybridized carbons (Fsp3) is 0.500. The predicted molar refractivity (Wildman–Crippen MR) is 84.8 cm³/mol. The van der Waals surface area contributed by atoms with Gasteiger partial charge >= 0.3 is 6.03 Å². The smallest absolute Gasteiger partial charge is 0.317 e. The van der Waals surface area contributed by atoms with E-state index in [-0.39, 0.29) is 24.6 Å². The van der Waals surface area contributed by atoms with Gasteiger partial charge in [0.25, 0.3) is 0 Å². The summed E-state index contributed by atoms with van der Waals surface area (Å²) >= 11 is 0. The van der Waals surface area contributed by atoms with E-state index in [1.807, 2.05) is 38.1 Å². The highest BCUT2D eigenvalue weighted by molar-refractivity contribution is 5.96. The van der Waals surface area contributed by atoms with Crippen molar-refractivity contribution in [1.29, 1.82) is 0 Å². The minimum absolute atomic E-state index is 0.0133. The van der Waals surface area contributed by atoms with E-state index in [0.717, 1.165) is 11.3 Å². The lowest BCUT2D eigenvalue weighted by Gasteiger charge is -2.23. The van der Waals surface area contributed by atoms with Crippen LogP contribution in [0.5, 0.6) is 0 Å². The van der Waals surface area contributed by atoms with Crippen molar-refractivity contribution in [1.82, 2.24) is 10.2 Å². The van der Waals surface area contributed by atoms with Gasteiger partial charge in [-0.2, -0.15) is 0 Å². The van der Waals surface area contributed by atoms with Crippen LogP contribution >= 0.6 is 0 Å². The van der Waals surface area contributed by atoms with Crippen LogP contribution in [-0.2, 0) is 4.79 Å². The Morgan fingerprint density at radius 3 is 2.68 bits per heavy atom. The maximum atomic E-state index is 12.1. The van der Waals surface area contributed by atoms with Gasteiger partial charge in [-0.1, -0.05) is 17.7 Å². The summed E-state index contributed by atoms with van der Waals surface area (Å²) in [5.41, 5.74) is 2.00. The molecule has 6 nitrogen and oxygen atoms in total. The van der Waals surface area contributed by atoms with Crippen LogP contribution in [0.2, 0.25) is 0 Å². The average Bonchev–Trinajstić information content (AvgIpc) is 2.86. The van der Waals surface area contributed by atoms with Crippen LogP contribution in [0.4, 0.5) is 10.5 Å². The molecule has 3 amide bonds. The van der Waals surface area contributed by atoms with Crippen LogP contribution < -0.4 is 10.2 Å². The van der Waals surface area contributed by atoms with Crippen LogP contribution in [-0.4, -0.2) is 54.2 Å². The van der Waals surface area contributed by atoms with E-state index in [9.17, 15) is 9.59 Å². The molecule has 0 aliphatic carbocycles. The van der Waals surface area contributed by atoms with Gasteiger partial charge in [0.15, 0.2) is 0 Å². The molecule has 0 unspecified atom stereocenters. The van der Waals surface area contributed by atoms with Crippen molar-refractivity contribution < 1.29 is 14.7 Å². The Labute approximate surface area is 130 Å². The maximum absolute atomic E-state index is 12.1. The Morgan fingerprint density at radius 2 is 2.09 bits per heavy atom. The summed E-state index contributed by atoms with van der Waals surface area (Å²) < 4.78 is 0. The molecule has 0 bridgehead atoms. The van der Waals surface area contributed by atoms with E-state index in [2.05, 4.69) is 5.32 Å². The standard InChI is InChI=1S/C16H23N3O3/c1-3-18(8-9-20)16(22)17-13-10-15(21)19(11-13)14-6-4-12(2)5-7-14/h4-7,13,20H,3,8-11H2,1-2H3,(H,17,22)/t13-/m0/s1. The van der Waals surface area contributed by atoms with E-state index in [1.165, 1.54) is 4.90 Å². The number of aliphatic hydroxyl groups is 1. The monoisotopic (exact) mass is 305 g/mol. The summed E-state index contributed by atoms with van der Waals surface area (Å²) in [6, 6.07) is 7.33. The van der Waals surface area contributed by atoms with E-state index < -0.39 is 0 Å². The largest absolute Gasteiger partial charge is 0.395 e. The number of aliphatic hydroxyl groups excluding tert-OH is 1. The second kappa shape index (κ2) is 7.26. The normalized spacial score (nSPS) is 17.7. The van der Waals surface area contributed by atoms with Crippen LogP contribution in [0.1, 0.15) is 18.9 Å². The summed E-state index contributed by atoms with van der Waals surface area (Å²) in [5, 5.41) is 11.8. The van der Waals surface area contributed by atoms with Crippen LogP contribution in [0, 0.1) is 6.92 Å². The highest BCUT2D eigenvalue weighted by atomic mass is 16.3. The molecule has 0 radical (unpaired) electrons. The van der Waals surface area contributed by atoms with Crippen molar-refractivity contribution in [2.45, 2.75) is 26.3 Å².